The van der Waals surface area contributed by atoms with E-state index in [1.165, 1.54) is 6.07 Å². The second kappa shape index (κ2) is 6.40. The fourth-order valence-corrected chi connectivity index (χ4v) is 2.28. The largest absolute Gasteiger partial charge is 0.469 e. The van der Waals surface area contributed by atoms with Crippen LogP contribution in [0.25, 0.3) is 0 Å². The average Bonchev–Trinajstić information content (AvgIpc) is 2.72. The number of anilines is 1. The maximum Gasteiger partial charge on any atom is 0.469 e. The van der Waals surface area contributed by atoms with Crippen LogP contribution in [-0.4, -0.2) is 59.7 Å². The lowest BCUT2D eigenvalue weighted by molar-refractivity contribution is -0.0542. The van der Waals surface area contributed by atoms with E-state index in [0.29, 0.717) is 0 Å². The quantitative estimate of drug-likeness (QED) is 0.252. The molecular weight excluding hydrogens is 325 g/mol. The highest BCUT2D eigenvalue weighted by Gasteiger charge is 2.44. The molecule has 1 aliphatic heterocycles. The number of aliphatic hydroxyl groups is 2. The van der Waals surface area contributed by atoms with Crippen LogP contribution in [-0.2, 0) is 13.8 Å². The average molecular weight is 339 g/mol. The summed E-state index contributed by atoms with van der Waals surface area (Å²) in [5.74, 6) is -0.129. The van der Waals surface area contributed by atoms with Crippen molar-refractivity contribution in [3.05, 3.63) is 22.7 Å². The first-order valence-corrected chi connectivity index (χ1v) is 7.47. The van der Waals surface area contributed by atoms with Crippen molar-refractivity contribution < 1.29 is 39.0 Å². The fourth-order valence-electron chi connectivity index (χ4n) is 1.94. The monoisotopic (exact) mass is 339 g/mol. The number of phosphoric acid groups is 1. The van der Waals surface area contributed by atoms with Gasteiger partial charge >= 0.3 is 13.5 Å². The molecule has 0 bridgehead atoms. The van der Waals surface area contributed by atoms with Crippen LogP contribution in [0.1, 0.15) is 6.23 Å². The van der Waals surface area contributed by atoms with Crippen molar-refractivity contribution in [1.29, 1.82) is 0 Å². The number of phosphoric ester groups is 1. The van der Waals surface area contributed by atoms with E-state index in [9.17, 15) is 19.6 Å². The topological polar surface area (TPSA) is 184 Å². The molecule has 4 atom stereocenters. The van der Waals surface area contributed by atoms with Gasteiger partial charge < -0.3 is 24.7 Å². The van der Waals surface area contributed by atoms with Crippen LogP contribution in [0, 0.1) is 0 Å². The molecule has 12 nitrogen and oxygen atoms in total. The summed E-state index contributed by atoms with van der Waals surface area (Å²) >= 11 is 0. The first-order valence-electron chi connectivity index (χ1n) is 5.94. The van der Waals surface area contributed by atoms with Crippen LogP contribution in [0.3, 0.4) is 0 Å². The molecule has 0 saturated carbocycles. The third-order valence-corrected chi connectivity index (χ3v) is 3.45. The molecule has 13 heteroatoms. The molecular formula is C9H14N3O9P. The SMILES string of the molecule is O=c1nc(NO)ccn1C1O[C@H](COP(=O)(O)O)[C@@H](O)[C@H]1O. The summed E-state index contributed by atoms with van der Waals surface area (Å²) in [6.07, 6.45) is -4.50. The Balaban J connectivity index is 2.16. The Morgan fingerprint density at radius 3 is 2.64 bits per heavy atom. The highest BCUT2D eigenvalue weighted by molar-refractivity contribution is 7.46. The van der Waals surface area contributed by atoms with Gasteiger partial charge in [-0.25, -0.2) is 9.36 Å². The molecule has 2 heterocycles. The van der Waals surface area contributed by atoms with E-state index >= 15 is 0 Å². The zero-order chi connectivity index (χ0) is 16.5. The van der Waals surface area contributed by atoms with Gasteiger partial charge in [-0.2, -0.15) is 4.98 Å². The number of rotatable bonds is 5. The summed E-state index contributed by atoms with van der Waals surface area (Å²) in [5, 5.41) is 28.3. The van der Waals surface area contributed by atoms with Gasteiger partial charge in [0.25, 0.3) is 0 Å². The Morgan fingerprint density at radius 2 is 2.09 bits per heavy atom. The summed E-state index contributed by atoms with van der Waals surface area (Å²) < 4.78 is 20.9. The van der Waals surface area contributed by atoms with E-state index in [4.69, 9.17) is 19.7 Å². The van der Waals surface area contributed by atoms with Crippen molar-refractivity contribution in [1.82, 2.24) is 9.55 Å². The van der Waals surface area contributed by atoms with Gasteiger partial charge in [0.2, 0.25) is 0 Å². The predicted molar refractivity (Wildman–Crippen MR) is 67.8 cm³/mol. The third kappa shape index (κ3) is 3.69. The number of hydrogen-bond donors (Lipinski definition) is 6. The molecule has 0 amide bonds. The Morgan fingerprint density at radius 1 is 1.41 bits per heavy atom. The van der Waals surface area contributed by atoms with Crippen molar-refractivity contribution in [2.24, 2.45) is 0 Å². The second-order valence-corrected chi connectivity index (χ2v) is 5.69. The van der Waals surface area contributed by atoms with Gasteiger partial charge in [-0.15, -0.1) is 0 Å². The van der Waals surface area contributed by atoms with E-state index in [1.807, 2.05) is 0 Å². The number of hydrogen-bond acceptors (Lipinski definition) is 9. The summed E-state index contributed by atoms with van der Waals surface area (Å²) in [4.78, 5) is 32.4. The second-order valence-electron chi connectivity index (χ2n) is 4.45. The summed E-state index contributed by atoms with van der Waals surface area (Å²) in [7, 11) is -4.77. The first-order chi connectivity index (χ1) is 10.2. The fraction of sp³-hybridized carbons (Fsp3) is 0.556. The van der Waals surface area contributed by atoms with Gasteiger partial charge in [0, 0.05) is 6.20 Å². The van der Waals surface area contributed by atoms with Crippen LogP contribution in [0.2, 0.25) is 0 Å². The van der Waals surface area contributed by atoms with Gasteiger partial charge in [-0.1, -0.05) is 0 Å². The molecule has 1 unspecified atom stereocenters. The Hall–Kier alpha value is -1.37. The molecule has 2 rings (SSSR count). The third-order valence-electron chi connectivity index (χ3n) is 2.96. The zero-order valence-corrected chi connectivity index (χ0v) is 11.8. The van der Waals surface area contributed by atoms with Crippen LogP contribution in [0.4, 0.5) is 5.82 Å². The Kier molecular flexibility index (Phi) is 4.94. The maximum absolute atomic E-state index is 11.7. The summed E-state index contributed by atoms with van der Waals surface area (Å²) in [6, 6.07) is 1.21. The minimum Gasteiger partial charge on any atom is -0.387 e. The van der Waals surface area contributed by atoms with Crippen LogP contribution in [0.15, 0.2) is 17.1 Å². The maximum atomic E-state index is 11.7. The molecule has 1 fully saturated rings. The zero-order valence-electron chi connectivity index (χ0n) is 10.9. The number of aromatic nitrogens is 2. The molecule has 1 aromatic rings. The molecule has 6 N–H and O–H groups in total. The molecule has 0 aliphatic carbocycles. The molecule has 1 aromatic heterocycles. The van der Waals surface area contributed by atoms with Crippen LogP contribution < -0.4 is 11.2 Å². The summed E-state index contributed by atoms with van der Waals surface area (Å²) in [5.41, 5.74) is 0.785. The van der Waals surface area contributed by atoms with Gasteiger partial charge in [0.05, 0.1) is 6.61 Å². The lowest BCUT2D eigenvalue weighted by Crippen LogP contribution is -2.36. The normalized spacial score (nSPS) is 28.8. The minimum absolute atomic E-state index is 0.129. The van der Waals surface area contributed by atoms with Crippen LogP contribution in [0.5, 0.6) is 0 Å². The minimum atomic E-state index is -4.77. The predicted octanol–water partition coefficient (Wildman–Crippen LogP) is -2.23. The van der Waals surface area contributed by atoms with Gasteiger partial charge in [-0.05, 0) is 6.07 Å². The van der Waals surface area contributed by atoms with Gasteiger partial charge in [0.1, 0.15) is 18.3 Å². The Bertz CT molecular complexity index is 631. The van der Waals surface area contributed by atoms with Crippen LogP contribution >= 0.6 is 7.82 Å². The lowest BCUT2D eigenvalue weighted by Gasteiger charge is -2.17. The van der Waals surface area contributed by atoms with Crippen molar-refractivity contribution in [3.8, 4) is 0 Å². The van der Waals surface area contributed by atoms with Crippen molar-refractivity contribution >= 4 is 13.6 Å². The molecule has 0 spiro atoms. The molecule has 124 valence electrons. The molecule has 0 aromatic carbocycles. The molecule has 1 saturated heterocycles. The van der Waals surface area contributed by atoms with Crippen molar-refractivity contribution in [2.45, 2.75) is 24.5 Å². The van der Waals surface area contributed by atoms with Gasteiger partial charge in [0.15, 0.2) is 12.0 Å². The number of aliphatic hydroxyl groups excluding tert-OH is 2. The Labute approximate surface area is 122 Å². The standard InChI is InChI=1S/C9H14N3O9P/c13-6-4(3-20-22(17,18)19)21-8(7(6)14)12-2-1-5(11-16)10-9(12)15/h1-2,4,6-8,13-14,16H,3H2,(H,10,11,15)(H2,17,18,19)/t4-,6-,7-,8?/m1/s1. The smallest absolute Gasteiger partial charge is 0.387 e. The number of ether oxygens (including phenoxy) is 1. The number of nitrogens with zero attached hydrogens (tertiary/aromatic N) is 2. The van der Waals surface area contributed by atoms with E-state index in [2.05, 4.69) is 9.51 Å². The number of nitrogens with one attached hydrogen (secondary N) is 1. The lowest BCUT2D eigenvalue weighted by atomic mass is 10.1. The molecule has 1 aliphatic rings. The van der Waals surface area contributed by atoms with Crippen molar-refractivity contribution in [2.75, 3.05) is 12.1 Å². The highest BCUT2D eigenvalue weighted by Crippen LogP contribution is 2.38. The van der Waals surface area contributed by atoms with E-state index in [0.717, 1.165) is 10.8 Å². The summed E-state index contributed by atoms with van der Waals surface area (Å²) in [6.45, 7) is -0.683. The molecule has 22 heavy (non-hydrogen) atoms. The van der Waals surface area contributed by atoms with E-state index < -0.39 is 44.7 Å². The van der Waals surface area contributed by atoms with E-state index in [1.54, 1.807) is 5.48 Å². The van der Waals surface area contributed by atoms with E-state index in [-0.39, 0.29) is 5.82 Å². The van der Waals surface area contributed by atoms with Gasteiger partial charge in [-0.3, -0.25) is 19.8 Å². The first kappa shape index (κ1) is 17.0. The highest BCUT2D eigenvalue weighted by atomic mass is 31.2. The molecule has 0 radical (unpaired) electrons. The van der Waals surface area contributed by atoms with Crippen molar-refractivity contribution in [3.63, 3.8) is 0 Å².